The fraction of sp³-hybridized carbons (Fsp3) is 0.160. The number of aliphatic carboxylic acids is 1. The summed E-state index contributed by atoms with van der Waals surface area (Å²) in [7, 11) is 1.49. The van der Waals surface area contributed by atoms with Crippen molar-refractivity contribution < 1.29 is 32.5 Å². The monoisotopic (exact) mass is 442 g/mol. The molecule has 0 spiro atoms. The van der Waals surface area contributed by atoms with Gasteiger partial charge in [0.05, 0.1) is 19.1 Å². The van der Waals surface area contributed by atoms with E-state index in [-0.39, 0.29) is 13.0 Å². The number of rotatable bonds is 8. The number of ether oxygens (including phenoxy) is 2. The molecule has 32 heavy (non-hydrogen) atoms. The lowest BCUT2D eigenvalue weighted by Crippen LogP contribution is -2.03. The molecule has 3 rings (SSSR count). The Morgan fingerprint density at radius 3 is 2.38 bits per heavy atom. The summed E-state index contributed by atoms with van der Waals surface area (Å²) in [5, 5.41) is 9.11. The number of hydrogen-bond acceptors (Lipinski definition) is 3. The molecule has 166 valence electrons. The van der Waals surface area contributed by atoms with Crippen LogP contribution in [0.25, 0.3) is 17.2 Å². The zero-order valence-corrected chi connectivity index (χ0v) is 17.2. The van der Waals surface area contributed by atoms with E-state index in [0.717, 1.165) is 23.3 Å². The van der Waals surface area contributed by atoms with Crippen molar-refractivity contribution in [2.75, 3.05) is 13.7 Å². The van der Waals surface area contributed by atoms with Crippen LogP contribution in [0, 0.1) is 0 Å². The van der Waals surface area contributed by atoms with Gasteiger partial charge in [0.2, 0.25) is 0 Å². The SMILES string of the molecule is COc1ccc(-c2cccc(OCC=Cc3ccc(C(F)(F)F)cc3)c2)cc1CC(=O)O. The Balaban J connectivity index is 1.66. The van der Waals surface area contributed by atoms with E-state index < -0.39 is 17.7 Å². The fourth-order valence-electron chi connectivity index (χ4n) is 3.14. The van der Waals surface area contributed by atoms with Crippen molar-refractivity contribution >= 4 is 12.0 Å². The average Bonchev–Trinajstić information content (AvgIpc) is 2.76. The van der Waals surface area contributed by atoms with Crippen molar-refractivity contribution in [3.8, 4) is 22.6 Å². The van der Waals surface area contributed by atoms with E-state index in [1.165, 1.54) is 19.2 Å². The predicted octanol–water partition coefficient (Wildman–Crippen LogP) is 6.10. The highest BCUT2D eigenvalue weighted by atomic mass is 19.4. The summed E-state index contributed by atoms with van der Waals surface area (Å²) in [5.41, 5.74) is 2.20. The normalized spacial score (nSPS) is 11.5. The van der Waals surface area contributed by atoms with E-state index in [0.29, 0.717) is 22.6 Å². The Kier molecular flexibility index (Phi) is 7.20. The van der Waals surface area contributed by atoms with Crippen LogP contribution in [0.1, 0.15) is 16.7 Å². The molecule has 1 N–H and O–H groups in total. The Bertz CT molecular complexity index is 1100. The zero-order chi connectivity index (χ0) is 23.1. The smallest absolute Gasteiger partial charge is 0.416 e. The second-order valence-electron chi connectivity index (χ2n) is 6.96. The van der Waals surface area contributed by atoms with Crippen LogP contribution in [0.5, 0.6) is 11.5 Å². The molecule has 0 amide bonds. The molecule has 0 aliphatic heterocycles. The first-order chi connectivity index (χ1) is 15.3. The van der Waals surface area contributed by atoms with Gasteiger partial charge in [0.1, 0.15) is 18.1 Å². The number of carboxylic acids is 1. The highest BCUT2D eigenvalue weighted by Gasteiger charge is 2.29. The average molecular weight is 442 g/mol. The highest BCUT2D eigenvalue weighted by molar-refractivity contribution is 5.74. The van der Waals surface area contributed by atoms with Crippen molar-refractivity contribution in [2.24, 2.45) is 0 Å². The second kappa shape index (κ2) is 10.0. The molecule has 0 atom stereocenters. The van der Waals surface area contributed by atoms with Crippen molar-refractivity contribution in [3.63, 3.8) is 0 Å². The van der Waals surface area contributed by atoms with Gasteiger partial charge >= 0.3 is 12.1 Å². The van der Waals surface area contributed by atoms with Crippen LogP contribution in [0.3, 0.4) is 0 Å². The van der Waals surface area contributed by atoms with E-state index in [1.807, 2.05) is 24.3 Å². The molecule has 0 unspecified atom stereocenters. The lowest BCUT2D eigenvalue weighted by atomic mass is 10.0. The number of carbonyl (C=O) groups is 1. The Morgan fingerprint density at radius 2 is 1.72 bits per heavy atom. The number of methoxy groups -OCH3 is 1. The van der Waals surface area contributed by atoms with Gasteiger partial charge in [0.15, 0.2) is 0 Å². The van der Waals surface area contributed by atoms with Gasteiger partial charge in [-0.3, -0.25) is 4.79 Å². The van der Waals surface area contributed by atoms with E-state index in [1.54, 1.807) is 30.4 Å². The lowest BCUT2D eigenvalue weighted by molar-refractivity contribution is -0.138. The van der Waals surface area contributed by atoms with Gasteiger partial charge in [-0.1, -0.05) is 36.4 Å². The first kappa shape index (κ1) is 22.9. The van der Waals surface area contributed by atoms with Gasteiger partial charge in [-0.2, -0.15) is 13.2 Å². The molecule has 7 heteroatoms. The van der Waals surface area contributed by atoms with Crippen LogP contribution in [0.4, 0.5) is 13.2 Å². The summed E-state index contributed by atoms with van der Waals surface area (Å²) >= 11 is 0. The van der Waals surface area contributed by atoms with Crippen LogP contribution >= 0.6 is 0 Å². The molecule has 0 aromatic heterocycles. The summed E-state index contributed by atoms with van der Waals surface area (Å²) in [6, 6.07) is 17.6. The van der Waals surface area contributed by atoms with E-state index in [4.69, 9.17) is 14.6 Å². The first-order valence-corrected chi connectivity index (χ1v) is 9.72. The fourth-order valence-corrected chi connectivity index (χ4v) is 3.14. The van der Waals surface area contributed by atoms with Crippen molar-refractivity contribution in [3.05, 3.63) is 89.5 Å². The third-order valence-electron chi connectivity index (χ3n) is 4.68. The summed E-state index contributed by atoms with van der Waals surface area (Å²) in [4.78, 5) is 11.1. The topological polar surface area (TPSA) is 55.8 Å². The third-order valence-corrected chi connectivity index (χ3v) is 4.68. The summed E-state index contributed by atoms with van der Waals surface area (Å²) in [6.45, 7) is 0.233. The molecule has 0 heterocycles. The molecule has 0 aliphatic rings. The standard InChI is InChI=1S/C25H21F3O4/c1-31-23-12-9-19(14-20(23)16-24(29)30)18-5-2-6-22(15-18)32-13-3-4-17-7-10-21(11-8-17)25(26,27)28/h2-12,14-15H,13,16H2,1H3,(H,29,30). The Morgan fingerprint density at radius 1 is 1.00 bits per heavy atom. The molecule has 3 aromatic rings. The van der Waals surface area contributed by atoms with Gasteiger partial charge in [-0.25, -0.2) is 0 Å². The van der Waals surface area contributed by atoms with Gasteiger partial charge in [-0.05, 0) is 59.2 Å². The maximum atomic E-state index is 12.6. The minimum absolute atomic E-state index is 0.151. The van der Waals surface area contributed by atoms with E-state index >= 15 is 0 Å². The Labute approximate surface area is 183 Å². The van der Waals surface area contributed by atoms with Crippen molar-refractivity contribution in [2.45, 2.75) is 12.6 Å². The molecule has 0 saturated heterocycles. The molecule has 0 bridgehead atoms. The molecular weight excluding hydrogens is 421 g/mol. The molecule has 0 fully saturated rings. The van der Waals surface area contributed by atoms with E-state index in [2.05, 4.69) is 0 Å². The molecule has 0 saturated carbocycles. The number of carboxylic acid groups (broad SMARTS) is 1. The maximum Gasteiger partial charge on any atom is 0.416 e. The molecule has 0 radical (unpaired) electrons. The molecule has 4 nitrogen and oxygen atoms in total. The molecule has 0 aliphatic carbocycles. The zero-order valence-electron chi connectivity index (χ0n) is 17.2. The van der Waals surface area contributed by atoms with Gasteiger partial charge in [0, 0.05) is 5.56 Å². The number of halogens is 3. The van der Waals surface area contributed by atoms with Crippen LogP contribution < -0.4 is 9.47 Å². The summed E-state index contributed by atoms with van der Waals surface area (Å²) in [5.74, 6) is 0.171. The molecular formula is C25H21F3O4. The van der Waals surface area contributed by atoms with Crippen LogP contribution in [-0.4, -0.2) is 24.8 Å². The minimum Gasteiger partial charge on any atom is -0.496 e. The lowest BCUT2D eigenvalue weighted by Gasteiger charge is -2.11. The van der Waals surface area contributed by atoms with Crippen LogP contribution in [-0.2, 0) is 17.4 Å². The van der Waals surface area contributed by atoms with Gasteiger partial charge < -0.3 is 14.6 Å². The highest BCUT2D eigenvalue weighted by Crippen LogP contribution is 2.30. The number of alkyl halides is 3. The minimum atomic E-state index is -4.35. The predicted molar refractivity (Wildman–Crippen MR) is 116 cm³/mol. The van der Waals surface area contributed by atoms with E-state index in [9.17, 15) is 18.0 Å². The summed E-state index contributed by atoms with van der Waals surface area (Å²) in [6.07, 6.45) is -1.10. The largest absolute Gasteiger partial charge is 0.496 e. The maximum absolute atomic E-state index is 12.6. The van der Waals surface area contributed by atoms with Gasteiger partial charge in [-0.15, -0.1) is 0 Å². The van der Waals surface area contributed by atoms with Crippen molar-refractivity contribution in [1.29, 1.82) is 0 Å². The quantitative estimate of drug-likeness (QED) is 0.458. The summed E-state index contributed by atoms with van der Waals surface area (Å²) < 4.78 is 48.8. The van der Waals surface area contributed by atoms with Crippen LogP contribution in [0.2, 0.25) is 0 Å². The van der Waals surface area contributed by atoms with Crippen LogP contribution in [0.15, 0.2) is 72.8 Å². The Hall–Kier alpha value is -3.74. The number of benzene rings is 3. The third kappa shape index (κ3) is 6.14. The van der Waals surface area contributed by atoms with Gasteiger partial charge in [0.25, 0.3) is 0 Å². The first-order valence-electron chi connectivity index (χ1n) is 9.72. The second-order valence-corrected chi connectivity index (χ2v) is 6.96. The number of hydrogen-bond donors (Lipinski definition) is 1. The molecule has 3 aromatic carbocycles. The van der Waals surface area contributed by atoms with Crippen molar-refractivity contribution in [1.82, 2.24) is 0 Å².